The molecule has 0 radical (unpaired) electrons. The van der Waals surface area contributed by atoms with Crippen molar-refractivity contribution in [1.82, 2.24) is 10.6 Å². The molecule has 0 spiro atoms. The Kier molecular flexibility index (Phi) is 5.90. The van der Waals surface area contributed by atoms with Crippen molar-refractivity contribution in [2.45, 2.75) is 25.4 Å². The van der Waals surface area contributed by atoms with Crippen LogP contribution in [-0.2, 0) is 6.54 Å². The van der Waals surface area contributed by atoms with Crippen molar-refractivity contribution < 1.29 is 9.53 Å². The number of rotatable bonds is 5. The molecule has 0 aromatic heterocycles. The SMILES string of the molecule is COc1ccc(N(C(=O)NCc2ccccc2)C2CCNCC2)cc1. The smallest absolute Gasteiger partial charge is 0.322 e. The molecular weight excluding hydrogens is 314 g/mol. The lowest BCUT2D eigenvalue weighted by Gasteiger charge is -2.34. The number of carbonyl (C=O) groups excluding carboxylic acids is 1. The van der Waals surface area contributed by atoms with E-state index in [0.717, 1.165) is 42.9 Å². The summed E-state index contributed by atoms with van der Waals surface area (Å²) in [5.74, 6) is 0.790. The molecule has 5 nitrogen and oxygen atoms in total. The van der Waals surface area contributed by atoms with Crippen molar-refractivity contribution in [3.63, 3.8) is 0 Å². The molecule has 0 aliphatic carbocycles. The second-order valence-corrected chi connectivity index (χ2v) is 6.19. The maximum atomic E-state index is 12.9. The van der Waals surface area contributed by atoms with Gasteiger partial charge in [0.25, 0.3) is 0 Å². The number of hydrogen-bond donors (Lipinski definition) is 2. The van der Waals surface area contributed by atoms with Gasteiger partial charge in [0, 0.05) is 18.3 Å². The molecule has 2 N–H and O–H groups in total. The number of piperidine rings is 1. The van der Waals surface area contributed by atoms with Gasteiger partial charge in [-0.25, -0.2) is 4.79 Å². The number of benzene rings is 2. The van der Waals surface area contributed by atoms with E-state index in [1.165, 1.54) is 0 Å². The second kappa shape index (κ2) is 8.53. The summed E-state index contributed by atoms with van der Waals surface area (Å²) >= 11 is 0. The molecule has 0 unspecified atom stereocenters. The molecule has 2 amide bonds. The highest BCUT2D eigenvalue weighted by Crippen LogP contribution is 2.24. The summed E-state index contributed by atoms with van der Waals surface area (Å²) in [4.78, 5) is 14.8. The number of hydrogen-bond acceptors (Lipinski definition) is 3. The van der Waals surface area contributed by atoms with Crippen LogP contribution in [0.2, 0.25) is 0 Å². The summed E-state index contributed by atoms with van der Waals surface area (Å²) in [6.07, 6.45) is 1.90. The molecule has 0 atom stereocenters. The van der Waals surface area contributed by atoms with E-state index in [2.05, 4.69) is 10.6 Å². The number of nitrogens with one attached hydrogen (secondary N) is 2. The first kappa shape index (κ1) is 17.3. The second-order valence-electron chi connectivity index (χ2n) is 6.19. The third-order valence-electron chi connectivity index (χ3n) is 4.53. The summed E-state index contributed by atoms with van der Waals surface area (Å²) in [6, 6.07) is 17.8. The van der Waals surface area contributed by atoms with Crippen molar-refractivity contribution in [2.75, 3.05) is 25.1 Å². The van der Waals surface area contributed by atoms with Crippen molar-refractivity contribution >= 4 is 11.7 Å². The third kappa shape index (κ3) is 4.51. The van der Waals surface area contributed by atoms with Gasteiger partial charge in [-0.1, -0.05) is 30.3 Å². The Morgan fingerprint density at radius 1 is 1.12 bits per heavy atom. The van der Waals surface area contributed by atoms with E-state index in [1.54, 1.807) is 7.11 Å². The van der Waals surface area contributed by atoms with Crippen LogP contribution in [0.4, 0.5) is 10.5 Å². The topological polar surface area (TPSA) is 53.6 Å². The molecule has 3 rings (SSSR count). The first-order chi connectivity index (χ1) is 12.3. The third-order valence-corrected chi connectivity index (χ3v) is 4.53. The zero-order chi connectivity index (χ0) is 17.5. The van der Waals surface area contributed by atoms with Gasteiger partial charge in [-0.15, -0.1) is 0 Å². The van der Waals surface area contributed by atoms with Gasteiger partial charge >= 0.3 is 6.03 Å². The summed E-state index contributed by atoms with van der Waals surface area (Å²) in [5, 5.41) is 6.42. The number of amides is 2. The van der Waals surface area contributed by atoms with Crippen LogP contribution in [-0.4, -0.2) is 32.3 Å². The fourth-order valence-electron chi connectivity index (χ4n) is 3.16. The van der Waals surface area contributed by atoms with Crippen LogP contribution in [0.25, 0.3) is 0 Å². The van der Waals surface area contributed by atoms with Gasteiger partial charge in [0.1, 0.15) is 5.75 Å². The monoisotopic (exact) mass is 339 g/mol. The van der Waals surface area contributed by atoms with Crippen LogP contribution in [0.5, 0.6) is 5.75 Å². The number of ether oxygens (including phenoxy) is 1. The maximum absolute atomic E-state index is 12.9. The largest absolute Gasteiger partial charge is 0.497 e. The molecule has 2 aromatic rings. The first-order valence-electron chi connectivity index (χ1n) is 8.73. The van der Waals surface area contributed by atoms with Crippen LogP contribution in [0, 0.1) is 0 Å². The van der Waals surface area contributed by atoms with Crippen LogP contribution in [0.3, 0.4) is 0 Å². The minimum Gasteiger partial charge on any atom is -0.497 e. The zero-order valence-corrected chi connectivity index (χ0v) is 14.6. The maximum Gasteiger partial charge on any atom is 0.322 e. The lowest BCUT2D eigenvalue weighted by atomic mass is 10.0. The van der Waals surface area contributed by atoms with E-state index in [0.29, 0.717) is 6.54 Å². The van der Waals surface area contributed by atoms with Gasteiger partial charge < -0.3 is 15.4 Å². The van der Waals surface area contributed by atoms with Gasteiger partial charge in [-0.05, 0) is 55.8 Å². The highest BCUT2D eigenvalue weighted by molar-refractivity contribution is 5.92. The lowest BCUT2D eigenvalue weighted by molar-refractivity contribution is 0.241. The minimum absolute atomic E-state index is 0.0547. The van der Waals surface area contributed by atoms with E-state index in [1.807, 2.05) is 59.5 Å². The average molecular weight is 339 g/mol. The fourth-order valence-corrected chi connectivity index (χ4v) is 3.16. The van der Waals surface area contributed by atoms with Crippen LogP contribution in [0.1, 0.15) is 18.4 Å². The van der Waals surface area contributed by atoms with Gasteiger partial charge in [0.2, 0.25) is 0 Å². The molecule has 1 aliphatic rings. The Balaban J connectivity index is 1.75. The molecule has 0 bridgehead atoms. The van der Waals surface area contributed by atoms with E-state index in [-0.39, 0.29) is 12.1 Å². The van der Waals surface area contributed by atoms with Gasteiger partial charge in [0.15, 0.2) is 0 Å². The van der Waals surface area contributed by atoms with Crippen molar-refractivity contribution in [3.05, 3.63) is 60.2 Å². The predicted molar refractivity (Wildman–Crippen MR) is 100 cm³/mol. The molecule has 1 saturated heterocycles. The van der Waals surface area contributed by atoms with Gasteiger partial charge in [0.05, 0.1) is 7.11 Å². The van der Waals surface area contributed by atoms with Gasteiger partial charge in [-0.3, -0.25) is 4.90 Å². The molecule has 1 fully saturated rings. The standard InChI is InChI=1S/C20H25N3O2/c1-25-19-9-7-17(8-10-19)23(18-11-13-21-14-12-18)20(24)22-15-16-5-3-2-4-6-16/h2-10,18,21H,11-15H2,1H3,(H,22,24). The van der Waals surface area contributed by atoms with Gasteiger partial charge in [-0.2, -0.15) is 0 Å². The number of urea groups is 1. The number of carbonyl (C=O) groups is 1. The zero-order valence-electron chi connectivity index (χ0n) is 14.6. The summed E-state index contributed by atoms with van der Waals surface area (Å²) in [7, 11) is 1.64. The van der Waals surface area contributed by atoms with Crippen LogP contribution in [0.15, 0.2) is 54.6 Å². The summed E-state index contributed by atoms with van der Waals surface area (Å²) in [5.41, 5.74) is 1.99. The molecule has 25 heavy (non-hydrogen) atoms. The number of methoxy groups -OCH3 is 1. The van der Waals surface area contributed by atoms with E-state index >= 15 is 0 Å². The quantitative estimate of drug-likeness (QED) is 0.880. The minimum atomic E-state index is -0.0547. The highest BCUT2D eigenvalue weighted by Gasteiger charge is 2.26. The number of anilines is 1. The van der Waals surface area contributed by atoms with E-state index in [4.69, 9.17) is 4.74 Å². The Hall–Kier alpha value is -2.53. The fraction of sp³-hybridized carbons (Fsp3) is 0.350. The Labute approximate surface area is 149 Å². The Morgan fingerprint density at radius 3 is 2.44 bits per heavy atom. The summed E-state index contributed by atoms with van der Waals surface area (Å²) < 4.78 is 5.23. The van der Waals surface area contributed by atoms with E-state index < -0.39 is 0 Å². The van der Waals surface area contributed by atoms with Crippen molar-refractivity contribution in [3.8, 4) is 5.75 Å². The van der Waals surface area contributed by atoms with Crippen molar-refractivity contribution in [1.29, 1.82) is 0 Å². The van der Waals surface area contributed by atoms with Crippen molar-refractivity contribution in [2.24, 2.45) is 0 Å². The molecule has 0 saturated carbocycles. The Morgan fingerprint density at radius 2 is 1.80 bits per heavy atom. The average Bonchev–Trinajstić information content (AvgIpc) is 2.69. The molecule has 5 heteroatoms. The molecule has 1 heterocycles. The van der Waals surface area contributed by atoms with Crippen LogP contribution >= 0.6 is 0 Å². The first-order valence-corrected chi connectivity index (χ1v) is 8.73. The highest BCUT2D eigenvalue weighted by atomic mass is 16.5. The Bertz CT molecular complexity index is 667. The normalized spacial score (nSPS) is 14.8. The molecule has 132 valence electrons. The molecule has 1 aliphatic heterocycles. The molecular formula is C20H25N3O2. The van der Waals surface area contributed by atoms with E-state index in [9.17, 15) is 4.79 Å². The summed E-state index contributed by atoms with van der Waals surface area (Å²) in [6.45, 7) is 2.39. The number of nitrogens with zero attached hydrogens (tertiary/aromatic N) is 1. The molecule has 2 aromatic carbocycles. The van der Waals surface area contributed by atoms with Crippen LogP contribution < -0.4 is 20.3 Å². The predicted octanol–water partition coefficient (Wildman–Crippen LogP) is 3.16. The lowest BCUT2D eigenvalue weighted by Crippen LogP contribution is -2.50.